The molecule has 0 aliphatic carbocycles. The number of nitrogens with zero attached hydrogens (tertiary/aromatic N) is 1. The fraction of sp³-hybridized carbons (Fsp3) is 0.923. The van der Waals surface area contributed by atoms with Crippen molar-refractivity contribution in [2.24, 2.45) is 0 Å². The largest absolute Gasteiger partial charge is 0.481 e. The van der Waals surface area contributed by atoms with Crippen molar-refractivity contribution < 1.29 is 24.5 Å². The van der Waals surface area contributed by atoms with Gasteiger partial charge in [-0.05, 0) is 38.8 Å². The zero-order valence-electron chi connectivity index (χ0n) is 20.8. The zero-order chi connectivity index (χ0) is 23.7. The van der Waals surface area contributed by atoms with E-state index in [0.717, 1.165) is 70.9 Å². The van der Waals surface area contributed by atoms with Crippen LogP contribution in [0.15, 0.2) is 0 Å². The van der Waals surface area contributed by atoms with Gasteiger partial charge in [-0.2, -0.15) is 0 Å². The summed E-state index contributed by atoms with van der Waals surface area (Å²) in [6.07, 6.45) is 18.9. The summed E-state index contributed by atoms with van der Waals surface area (Å²) in [7, 11) is 0. The van der Waals surface area contributed by atoms with Crippen molar-refractivity contribution in [2.75, 3.05) is 32.8 Å². The molecule has 0 aliphatic rings. The molecule has 0 rings (SSSR count). The van der Waals surface area contributed by atoms with Gasteiger partial charge in [-0.1, -0.05) is 84.0 Å². The summed E-state index contributed by atoms with van der Waals surface area (Å²) in [6.45, 7) is 5.35. The topological polar surface area (TPSA) is 87.1 Å². The Hall–Kier alpha value is -1.14. The Kier molecular flexibility index (Phi) is 23.6. The van der Waals surface area contributed by atoms with Gasteiger partial charge in [-0.15, -0.1) is 0 Å². The molecule has 0 radical (unpaired) electrons. The molecule has 0 atom stereocenters. The number of carboxylic acid groups (broad SMARTS) is 1. The van der Waals surface area contributed by atoms with E-state index in [9.17, 15) is 14.7 Å². The third-order valence-corrected chi connectivity index (χ3v) is 5.90. The van der Waals surface area contributed by atoms with Crippen molar-refractivity contribution in [1.29, 1.82) is 0 Å². The van der Waals surface area contributed by atoms with E-state index in [1.54, 1.807) is 0 Å². The Labute approximate surface area is 197 Å². The number of ether oxygens (including phenoxy) is 1. The zero-order valence-corrected chi connectivity index (χ0v) is 20.8. The van der Waals surface area contributed by atoms with Crippen molar-refractivity contribution >= 4 is 11.9 Å². The van der Waals surface area contributed by atoms with Crippen LogP contribution in [-0.4, -0.2) is 59.9 Å². The normalized spacial score (nSPS) is 11.2. The van der Waals surface area contributed by atoms with Crippen LogP contribution in [0.4, 0.5) is 0 Å². The van der Waals surface area contributed by atoms with Gasteiger partial charge >= 0.3 is 11.9 Å². The molecule has 0 spiro atoms. The number of aliphatic hydroxyl groups excluding tert-OH is 1. The summed E-state index contributed by atoms with van der Waals surface area (Å²) < 4.78 is 5.36. The fourth-order valence-corrected chi connectivity index (χ4v) is 3.91. The molecular formula is C26H51NO5. The summed E-state index contributed by atoms with van der Waals surface area (Å²) in [5, 5.41) is 17.9. The van der Waals surface area contributed by atoms with Crippen LogP contribution >= 0.6 is 0 Å². The maximum atomic E-state index is 11.9. The lowest BCUT2D eigenvalue weighted by Gasteiger charge is -2.21. The number of aliphatic hydroxyl groups is 1. The first-order valence-corrected chi connectivity index (χ1v) is 13.3. The third kappa shape index (κ3) is 23.5. The van der Waals surface area contributed by atoms with Crippen LogP contribution in [-0.2, 0) is 14.3 Å². The van der Waals surface area contributed by atoms with E-state index < -0.39 is 5.97 Å². The van der Waals surface area contributed by atoms with Crippen molar-refractivity contribution in [2.45, 2.75) is 122 Å². The van der Waals surface area contributed by atoms with E-state index in [4.69, 9.17) is 9.84 Å². The second-order valence-electron chi connectivity index (χ2n) is 8.98. The summed E-state index contributed by atoms with van der Waals surface area (Å²) in [5.41, 5.74) is 0. The number of esters is 1. The van der Waals surface area contributed by atoms with Gasteiger partial charge in [0.05, 0.1) is 13.2 Å². The SMILES string of the molecule is CCCCCCCCCCOC(=O)CCCN(CCO)CCCCCCCCCC(=O)O. The highest BCUT2D eigenvalue weighted by atomic mass is 16.5. The summed E-state index contributed by atoms with van der Waals surface area (Å²) in [5.74, 6) is -0.800. The fourth-order valence-electron chi connectivity index (χ4n) is 3.91. The molecule has 0 aromatic carbocycles. The van der Waals surface area contributed by atoms with Crippen LogP contribution in [0.1, 0.15) is 122 Å². The van der Waals surface area contributed by atoms with Crippen LogP contribution in [0, 0.1) is 0 Å². The molecule has 190 valence electrons. The maximum Gasteiger partial charge on any atom is 0.305 e. The van der Waals surface area contributed by atoms with Gasteiger partial charge < -0.3 is 19.8 Å². The average Bonchev–Trinajstić information content (AvgIpc) is 2.76. The van der Waals surface area contributed by atoms with E-state index in [1.807, 2.05) is 0 Å². The van der Waals surface area contributed by atoms with Gasteiger partial charge in [0, 0.05) is 19.4 Å². The molecule has 6 nitrogen and oxygen atoms in total. The third-order valence-electron chi connectivity index (χ3n) is 5.90. The van der Waals surface area contributed by atoms with Gasteiger partial charge in [0.15, 0.2) is 0 Å². The molecule has 0 saturated heterocycles. The van der Waals surface area contributed by atoms with Crippen molar-refractivity contribution in [3.8, 4) is 0 Å². The first kappa shape index (κ1) is 30.9. The lowest BCUT2D eigenvalue weighted by atomic mass is 10.1. The van der Waals surface area contributed by atoms with Gasteiger partial charge in [0.25, 0.3) is 0 Å². The summed E-state index contributed by atoms with van der Waals surface area (Å²) in [6, 6.07) is 0. The number of rotatable bonds is 25. The molecule has 0 fully saturated rings. The van der Waals surface area contributed by atoms with E-state index in [1.165, 1.54) is 44.9 Å². The first-order chi connectivity index (χ1) is 15.6. The molecule has 0 bridgehead atoms. The predicted octanol–water partition coefficient (Wildman–Crippen LogP) is 5.95. The second-order valence-corrected chi connectivity index (χ2v) is 8.98. The number of aliphatic carboxylic acids is 1. The Morgan fingerprint density at radius 3 is 1.78 bits per heavy atom. The monoisotopic (exact) mass is 457 g/mol. The van der Waals surface area contributed by atoms with Crippen LogP contribution in [0.3, 0.4) is 0 Å². The molecule has 32 heavy (non-hydrogen) atoms. The minimum atomic E-state index is -0.703. The number of unbranched alkanes of at least 4 members (excludes halogenated alkanes) is 13. The average molecular weight is 458 g/mol. The van der Waals surface area contributed by atoms with Crippen LogP contribution in [0.2, 0.25) is 0 Å². The highest BCUT2D eigenvalue weighted by Crippen LogP contribution is 2.10. The summed E-state index contributed by atoms with van der Waals surface area (Å²) >= 11 is 0. The summed E-state index contributed by atoms with van der Waals surface area (Å²) in [4.78, 5) is 24.6. The molecule has 0 heterocycles. The molecular weight excluding hydrogens is 406 g/mol. The van der Waals surface area contributed by atoms with Gasteiger partial charge in [0.1, 0.15) is 0 Å². The van der Waals surface area contributed by atoms with Gasteiger partial charge in [-0.25, -0.2) is 0 Å². The van der Waals surface area contributed by atoms with Crippen LogP contribution < -0.4 is 0 Å². The lowest BCUT2D eigenvalue weighted by molar-refractivity contribution is -0.144. The first-order valence-electron chi connectivity index (χ1n) is 13.3. The van der Waals surface area contributed by atoms with Crippen LogP contribution in [0.25, 0.3) is 0 Å². The van der Waals surface area contributed by atoms with E-state index in [-0.39, 0.29) is 19.0 Å². The molecule has 0 aliphatic heterocycles. The Bertz CT molecular complexity index is 430. The molecule has 0 amide bonds. The predicted molar refractivity (Wildman–Crippen MR) is 131 cm³/mol. The molecule has 0 aromatic heterocycles. The standard InChI is InChI=1S/C26H51NO5/c1-2-3-4-5-6-10-13-16-24-32-26(31)19-17-21-27(22-23-28)20-15-12-9-7-8-11-14-18-25(29)30/h28H,2-24H2,1H3,(H,29,30). The molecule has 0 saturated carbocycles. The highest BCUT2D eigenvalue weighted by Gasteiger charge is 2.07. The minimum absolute atomic E-state index is 0.0974. The Morgan fingerprint density at radius 2 is 1.19 bits per heavy atom. The molecule has 0 aromatic rings. The number of carboxylic acids is 1. The molecule has 6 heteroatoms. The quantitative estimate of drug-likeness (QED) is 0.130. The number of carbonyl (C=O) groups excluding carboxylic acids is 1. The minimum Gasteiger partial charge on any atom is -0.481 e. The number of hydrogen-bond acceptors (Lipinski definition) is 5. The van der Waals surface area contributed by atoms with E-state index in [0.29, 0.717) is 19.6 Å². The van der Waals surface area contributed by atoms with Crippen molar-refractivity contribution in [1.82, 2.24) is 4.90 Å². The van der Waals surface area contributed by atoms with Gasteiger partial charge in [-0.3, -0.25) is 9.59 Å². The number of hydrogen-bond donors (Lipinski definition) is 2. The highest BCUT2D eigenvalue weighted by molar-refractivity contribution is 5.69. The molecule has 0 unspecified atom stereocenters. The molecule has 2 N–H and O–H groups in total. The van der Waals surface area contributed by atoms with Crippen molar-refractivity contribution in [3.05, 3.63) is 0 Å². The van der Waals surface area contributed by atoms with Crippen LogP contribution in [0.5, 0.6) is 0 Å². The maximum absolute atomic E-state index is 11.9. The van der Waals surface area contributed by atoms with Crippen molar-refractivity contribution in [3.63, 3.8) is 0 Å². The van der Waals surface area contributed by atoms with E-state index in [2.05, 4.69) is 11.8 Å². The second kappa shape index (κ2) is 24.5. The Balaban J connectivity index is 3.58. The lowest BCUT2D eigenvalue weighted by Crippen LogP contribution is -2.29. The number of carbonyl (C=O) groups is 2. The Morgan fingerprint density at radius 1 is 0.656 bits per heavy atom. The smallest absolute Gasteiger partial charge is 0.305 e. The van der Waals surface area contributed by atoms with Gasteiger partial charge in [0.2, 0.25) is 0 Å². The van der Waals surface area contributed by atoms with E-state index >= 15 is 0 Å².